The Balaban J connectivity index is 2.88. The van der Waals surface area contributed by atoms with Gasteiger partial charge in [-0.2, -0.15) is 0 Å². The van der Waals surface area contributed by atoms with E-state index in [0.29, 0.717) is 6.61 Å². The smallest absolute Gasteiger partial charge is 0.168 e. The van der Waals surface area contributed by atoms with Crippen molar-refractivity contribution in [3.05, 3.63) is 28.2 Å². The summed E-state index contributed by atoms with van der Waals surface area (Å²) in [6.45, 7) is 2.34. The van der Waals surface area contributed by atoms with Crippen LogP contribution < -0.4 is 4.74 Å². The molecule has 0 radical (unpaired) electrons. The van der Waals surface area contributed by atoms with Crippen LogP contribution in [0.4, 0.5) is 8.78 Å². The molecule has 0 heterocycles. The summed E-state index contributed by atoms with van der Waals surface area (Å²) >= 11 is 2.95. The highest BCUT2D eigenvalue weighted by atomic mass is 79.9. The largest absolute Gasteiger partial charge is 0.490 e. The van der Waals surface area contributed by atoms with Crippen LogP contribution in [0.5, 0.6) is 5.75 Å². The second-order valence-corrected chi connectivity index (χ2v) is 3.40. The van der Waals surface area contributed by atoms with Crippen molar-refractivity contribution in [3.8, 4) is 5.75 Å². The van der Waals surface area contributed by atoms with Gasteiger partial charge in [0.2, 0.25) is 0 Å². The molecule has 1 aromatic rings. The van der Waals surface area contributed by atoms with Crippen LogP contribution in [0.25, 0.3) is 0 Å². The van der Waals surface area contributed by atoms with E-state index in [4.69, 9.17) is 4.74 Å². The summed E-state index contributed by atoms with van der Waals surface area (Å²) in [6.07, 6.45) is 0.786. The SMILES string of the molecule is CCCOc1cc(Br)c(F)cc1F. The van der Waals surface area contributed by atoms with Gasteiger partial charge in [-0.15, -0.1) is 0 Å². The molecule has 0 spiro atoms. The fraction of sp³-hybridized carbons (Fsp3) is 0.333. The van der Waals surface area contributed by atoms with Crippen molar-refractivity contribution in [2.24, 2.45) is 0 Å². The van der Waals surface area contributed by atoms with Crippen molar-refractivity contribution < 1.29 is 13.5 Å². The van der Waals surface area contributed by atoms with E-state index in [-0.39, 0.29) is 10.2 Å². The first kappa shape index (κ1) is 10.4. The fourth-order valence-corrected chi connectivity index (χ4v) is 1.15. The molecule has 0 aliphatic heterocycles. The molecule has 0 saturated heterocycles. The minimum Gasteiger partial charge on any atom is -0.490 e. The van der Waals surface area contributed by atoms with Gasteiger partial charge in [0.15, 0.2) is 11.6 Å². The molecule has 1 aromatic carbocycles. The van der Waals surface area contributed by atoms with Crippen molar-refractivity contribution in [2.75, 3.05) is 6.61 Å². The maximum atomic E-state index is 13.0. The molecule has 1 rings (SSSR count). The topological polar surface area (TPSA) is 9.23 Å². The molecule has 4 heteroatoms. The second kappa shape index (κ2) is 4.56. The van der Waals surface area contributed by atoms with Crippen LogP contribution in [-0.2, 0) is 0 Å². The van der Waals surface area contributed by atoms with E-state index in [1.165, 1.54) is 6.07 Å². The number of rotatable bonds is 3. The van der Waals surface area contributed by atoms with Gasteiger partial charge in [-0.1, -0.05) is 6.92 Å². The van der Waals surface area contributed by atoms with E-state index in [2.05, 4.69) is 15.9 Å². The Bertz CT molecular complexity index is 302. The molecule has 0 amide bonds. The quantitative estimate of drug-likeness (QED) is 0.747. The molecule has 1 nitrogen and oxygen atoms in total. The number of hydrogen-bond donors (Lipinski definition) is 0. The summed E-state index contributed by atoms with van der Waals surface area (Å²) < 4.78 is 31.0. The van der Waals surface area contributed by atoms with Crippen molar-refractivity contribution in [3.63, 3.8) is 0 Å². The molecule has 13 heavy (non-hydrogen) atoms. The Hall–Kier alpha value is -0.640. The van der Waals surface area contributed by atoms with Gasteiger partial charge in [-0.05, 0) is 22.4 Å². The van der Waals surface area contributed by atoms with E-state index in [0.717, 1.165) is 12.5 Å². The average molecular weight is 251 g/mol. The molecule has 72 valence electrons. The van der Waals surface area contributed by atoms with E-state index < -0.39 is 11.6 Å². The zero-order valence-corrected chi connectivity index (χ0v) is 8.70. The number of benzene rings is 1. The zero-order chi connectivity index (χ0) is 9.84. The lowest BCUT2D eigenvalue weighted by Crippen LogP contribution is -1.98. The Labute approximate surface area is 83.8 Å². The Kier molecular flexibility index (Phi) is 3.66. The third-order valence-electron chi connectivity index (χ3n) is 1.44. The minimum atomic E-state index is -0.672. The molecule has 0 aliphatic rings. The van der Waals surface area contributed by atoms with Crippen LogP contribution in [0.15, 0.2) is 16.6 Å². The first-order valence-corrected chi connectivity index (χ1v) is 4.71. The van der Waals surface area contributed by atoms with Crippen LogP contribution in [-0.4, -0.2) is 6.61 Å². The summed E-state index contributed by atoms with van der Waals surface area (Å²) in [5.41, 5.74) is 0. The van der Waals surface area contributed by atoms with Gasteiger partial charge in [0.05, 0.1) is 11.1 Å². The van der Waals surface area contributed by atoms with Gasteiger partial charge in [0.25, 0.3) is 0 Å². The van der Waals surface area contributed by atoms with Crippen LogP contribution in [0, 0.1) is 11.6 Å². The van der Waals surface area contributed by atoms with Gasteiger partial charge in [-0.3, -0.25) is 0 Å². The minimum absolute atomic E-state index is 0.0788. The van der Waals surface area contributed by atoms with Gasteiger partial charge in [0, 0.05) is 12.1 Å². The molecular weight excluding hydrogens is 242 g/mol. The monoisotopic (exact) mass is 250 g/mol. The predicted octanol–water partition coefficient (Wildman–Crippen LogP) is 3.52. The van der Waals surface area contributed by atoms with Gasteiger partial charge in [0.1, 0.15) is 5.82 Å². The molecule has 0 fully saturated rings. The van der Waals surface area contributed by atoms with Gasteiger partial charge >= 0.3 is 0 Å². The Morgan fingerprint density at radius 2 is 2.00 bits per heavy atom. The molecule has 0 unspecified atom stereocenters. The molecule has 0 saturated carbocycles. The molecule has 0 N–H and O–H groups in total. The highest BCUT2D eigenvalue weighted by Gasteiger charge is 2.08. The normalized spacial score (nSPS) is 10.2. The summed E-state index contributed by atoms with van der Waals surface area (Å²) in [5, 5.41) is 0. The third-order valence-corrected chi connectivity index (χ3v) is 2.04. The number of halogens is 3. The van der Waals surface area contributed by atoms with Gasteiger partial charge in [-0.25, -0.2) is 8.78 Å². The second-order valence-electron chi connectivity index (χ2n) is 2.55. The zero-order valence-electron chi connectivity index (χ0n) is 7.11. The summed E-state index contributed by atoms with van der Waals surface area (Å²) in [5.74, 6) is -1.22. The van der Waals surface area contributed by atoms with Gasteiger partial charge < -0.3 is 4.74 Å². The molecule has 0 aromatic heterocycles. The van der Waals surface area contributed by atoms with Crippen molar-refractivity contribution >= 4 is 15.9 Å². The average Bonchev–Trinajstić information content (AvgIpc) is 2.09. The number of ether oxygens (including phenoxy) is 1. The summed E-state index contributed by atoms with van der Waals surface area (Å²) in [6, 6.07) is 2.09. The van der Waals surface area contributed by atoms with Crippen molar-refractivity contribution in [1.82, 2.24) is 0 Å². The van der Waals surface area contributed by atoms with Crippen LogP contribution in [0.3, 0.4) is 0 Å². The van der Waals surface area contributed by atoms with Crippen molar-refractivity contribution in [1.29, 1.82) is 0 Å². The van der Waals surface area contributed by atoms with Crippen LogP contribution >= 0.6 is 15.9 Å². The fourth-order valence-electron chi connectivity index (χ4n) is 0.827. The highest BCUT2D eigenvalue weighted by Crippen LogP contribution is 2.25. The first-order valence-electron chi connectivity index (χ1n) is 3.92. The van der Waals surface area contributed by atoms with Crippen LogP contribution in [0.2, 0.25) is 0 Å². The first-order chi connectivity index (χ1) is 6.15. The van der Waals surface area contributed by atoms with E-state index in [9.17, 15) is 8.78 Å². The Morgan fingerprint density at radius 1 is 1.31 bits per heavy atom. The summed E-state index contributed by atoms with van der Waals surface area (Å²) in [4.78, 5) is 0. The standard InChI is InChI=1S/C9H9BrF2O/c1-2-3-13-9-4-6(10)7(11)5-8(9)12/h4-5H,2-3H2,1H3. The lowest BCUT2D eigenvalue weighted by Gasteiger charge is -2.06. The van der Waals surface area contributed by atoms with E-state index in [1.807, 2.05) is 6.92 Å². The maximum Gasteiger partial charge on any atom is 0.168 e. The molecular formula is C9H9BrF2O. The summed E-state index contributed by atoms with van der Waals surface area (Å²) in [7, 11) is 0. The molecule has 0 atom stereocenters. The van der Waals surface area contributed by atoms with E-state index in [1.54, 1.807) is 0 Å². The molecule has 0 aliphatic carbocycles. The predicted molar refractivity (Wildman–Crippen MR) is 49.8 cm³/mol. The van der Waals surface area contributed by atoms with Crippen LogP contribution in [0.1, 0.15) is 13.3 Å². The lowest BCUT2D eigenvalue weighted by molar-refractivity contribution is 0.300. The van der Waals surface area contributed by atoms with Crippen molar-refractivity contribution in [2.45, 2.75) is 13.3 Å². The maximum absolute atomic E-state index is 13.0. The lowest BCUT2D eigenvalue weighted by atomic mass is 10.3. The number of hydrogen-bond acceptors (Lipinski definition) is 1. The van der Waals surface area contributed by atoms with E-state index >= 15 is 0 Å². The highest BCUT2D eigenvalue weighted by molar-refractivity contribution is 9.10. The Morgan fingerprint density at radius 3 is 2.62 bits per heavy atom. The third kappa shape index (κ3) is 2.66. The molecule has 0 bridgehead atoms.